The average molecular weight is 250 g/mol. The van der Waals surface area contributed by atoms with Crippen LogP contribution >= 0.6 is 0 Å². The van der Waals surface area contributed by atoms with Crippen molar-refractivity contribution in [1.82, 2.24) is 0 Å². The van der Waals surface area contributed by atoms with Crippen molar-refractivity contribution < 1.29 is 14.3 Å². The molecule has 1 aliphatic rings. The number of anilines is 2. The molecule has 0 aliphatic carbocycles. The zero-order chi connectivity index (χ0) is 13.2. The summed E-state index contributed by atoms with van der Waals surface area (Å²) in [7, 11) is 0. The van der Waals surface area contributed by atoms with E-state index in [0.717, 1.165) is 18.0 Å². The summed E-state index contributed by atoms with van der Waals surface area (Å²) in [5.41, 5.74) is 1.07. The van der Waals surface area contributed by atoms with Crippen LogP contribution in [0.4, 0.5) is 16.2 Å². The van der Waals surface area contributed by atoms with E-state index in [2.05, 4.69) is 10.6 Å². The molecule has 1 heterocycles. The molecule has 0 unspecified atom stereocenters. The van der Waals surface area contributed by atoms with Crippen LogP contribution in [0.2, 0.25) is 0 Å². The minimum Gasteiger partial charge on any atom is -0.490 e. The molecular formula is C13H18N2O3. The molecule has 1 aromatic carbocycles. The second-order valence-electron chi connectivity index (χ2n) is 5.11. The molecule has 1 amide bonds. The highest BCUT2D eigenvalue weighted by atomic mass is 16.6. The molecule has 0 radical (unpaired) electrons. The number of ether oxygens (including phenoxy) is 2. The lowest BCUT2D eigenvalue weighted by Gasteiger charge is -2.21. The number of benzene rings is 1. The molecule has 5 nitrogen and oxygen atoms in total. The van der Waals surface area contributed by atoms with E-state index in [4.69, 9.17) is 9.47 Å². The molecule has 98 valence electrons. The number of fused-ring (bicyclic) bond motifs is 1. The fourth-order valence-electron chi connectivity index (χ4n) is 1.64. The standard InChI is InChI=1S/C13H18N2O3/c1-13(2,3)18-12(16)15-9-4-5-11-10(8-9)14-6-7-17-11/h4-5,8,14H,6-7H2,1-3H3,(H,15,16). The molecule has 0 saturated carbocycles. The van der Waals surface area contributed by atoms with Gasteiger partial charge in [0, 0.05) is 12.2 Å². The van der Waals surface area contributed by atoms with Crippen LogP contribution in [0.3, 0.4) is 0 Å². The molecule has 1 aromatic rings. The third kappa shape index (κ3) is 3.29. The first-order chi connectivity index (χ1) is 8.44. The number of rotatable bonds is 1. The molecule has 2 N–H and O–H groups in total. The van der Waals surface area contributed by atoms with Gasteiger partial charge in [-0.05, 0) is 39.0 Å². The second-order valence-corrected chi connectivity index (χ2v) is 5.11. The highest BCUT2D eigenvalue weighted by molar-refractivity contribution is 5.86. The van der Waals surface area contributed by atoms with Crippen molar-refractivity contribution in [2.45, 2.75) is 26.4 Å². The third-order valence-electron chi connectivity index (χ3n) is 2.30. The molecule has 1 aliphatic heterocycles. The van der Waals surface area contributed by atoms with Crippen LogP contribution in [-0.4, -0.2) is 24.8 Å². The summed E-state index contributed by atoms with van der Waals surface area (Å²) in [5, 5.41) is 5.90. The first kappa shape index (κ1) is 12.5. The van der Waals surface area contributed by atoms with Crippen LogP contribution in [0.15, 0.2) is 18.2 Å². The van der Waals surface area contributed by atoms with Crippen LogP contribution in [0.1, 0.15) is 20.8 Å². The van der Waals surface area contributed by atoms with Gasteiger partial charge in [-0.25, -0.2) is 4.79 Å². The van der Waals surface area contributed by atoms with E-state index < -0.39 is 11.7 Å². The minimum atomic E-state index is -0.500. The number of carbonyl (C=O) groups excluding carboxylic acids is 1. The van der Waals surface area contributed by atoms with Crippen molar-refractivity contribution in [1.29, 1.82) is 0 Å². The second kappa shape index (κ2) is 4.76. The quantitative estimate of drug-likeness (QED) is 0.804. The van der Waals surface area contributed by atoms with Gasteiger partial charge in [0.2, 0.25) is 0 Å². The van der Waals surface area contributed by atoms with Gasteiger partial charge in [-0.2, -0.15) is 0 Å². The number of carbonyl (C=O) groups is 1. The van der Waals surface area contributed by atoms with Crippen molar-refractivity contribution in [3.63, 3.8) is 0 Å². The highest BCUT2D eigenvalue weighted by Crippen LogP contribution is 2.30. The molecule has 0 bridgehead atoms. The smallest absolute Gasteiger partial charge is 0.412 e. The Hall–Kier alpha value is -1.91. The normalized spacial score (nSPS) is 13.9. The molecule has 0 saturated heterocycles. The average Bonchev–Trinajstić information content (AvgIpc) is 2.26. The lowest BCUT2D eigenvalue weighted by atomic mass is 10.2. The fourth-order valence-corrected chi connectivity index (χ4v) is 1.64. The van der Waals surface area contributed by atoms with Crippen LogP contribution < -0.4 is 15.4 Å². The monoisotopic (exact) mass is 250 g/mol. The van der Waals surface area contributed by atoms with Crippen molar-refractivity contribution in [2.75, 3.05) is 23.8 Å². The number of hydrogen-bond donors (Lipinski definition) is 2. The van der Waals surface area contributed by atoms with Gasteiger partial charge >= 0.3 is 6.09 Å². The fraction of sp³-hybridized carbons (Fsp3) is 0.462. The lowest BCUT2D eigenvalue weighted by molar-refractivity contribution is 0.0636. The Morgan fingerprint density at radius 3 is 2.94 bits per heavy atom. The molecular weight excluding hydrogens is 232 g/mol. The molecule has 0 aromatic heterocycles. The van der Waals surface area contributed by atoms with E-state index in [0.29, 0.717) is 12.3 Å². The third-order valence-corrected chi connectivity index (χ3v) is 2.30. The van der Waals surface area contributed by atoms with Gasteiger partial charge in [0.1, 0.15) is 18.0 Å². The maximum absolute atomic E-state index is 11.6. The summed E-state index contributed by atoms with van der Waals surface area (Å²) < 4.78 is 10.6. The van der Waals surface area contributed by atoms with E-state index in [1.807, 2.05) is 32.9 Å². The van der Waals surface area contributed by atoms with Crippen molar-refractivity contribution in [3.8, 4) is 5.75 Å². The summed E-state index contributed by atoms with van der Waals surface area (Å²) in [4.78, 5) is 11.6. The predicted octanol–water partition coefficient (Wildman–Crippen LogP) is 2.84. The first-order valence-corrected chi connectivity index (χ1v) is 5.95. The van der Waals surface area contributed by atoms with Gasteiger partial charge in [0.15, 0.2) is 0 Å². The first-order valence-electron chi connectivity index (χ1n) is 5.95. The minimum absolute atomic E-state index is 0.459. The van der Waals surface area contributed by atoms with Crippen LogP contribution in [0.25, 0.3) is 0 Å². The molecule has 5 heteroatoms. The maximum atomic E-state index is 11.6. The Bertz CT molecular complexity index is 452. The zero-order valence-corrected chi connectivity index (χ0v) is 10.9. The Morgan fingerprint density at radius 2 is 2.22 bits per heavy atom. The zero-order valence-electron chi connectivity index (χ0n) is 10.9. The van der Waals surface area contributed by atoms with Crippen LogP contribution in [-0.2, 0) is 4.74 Å². The van der Waals surface area contributed by atoms with Crippen molar-refractivity contribution >= 4 is 17.5 Å². The van der Waals surface area contributed by atoms with Gasteiger partial charge in [-0.15, -0.1) is 0 Å². The van der Waals surface area contributed by atoms with Gasteiger partial charge in [0.05, 0.1) is 5.69 Å². The van der Waals surface area contributed by atoms with E-state index in [9.17, 15) is 4.79 Å². The Balaban J connectivity index is 2.04. The van der Waals surface area contributed by atoms with E-state index >= 15 is 0 Å². The Kier molecular flexibility index (Phi) is 3.32. The summed E-state index contributed by atoms with van der Waals surface area (Å²) in [5.74, 6) is 0.802. The van der Waals surface area contributed by atoms with E-state index in [-0.39, 0.29) is 0 Å². The topological polar surface area (TPSA) is 59.6 Å². The van der Waals surface area contributed by atoms with E-state index in [1.54, 1.807) is 6.07 Å². The predicted molar refractivity (Wildman–Crippen MR) is 70.3 cm³/mol. The highest BCUT2D eigenvalue weighted by Gasteiger charge is 2.17. The van der Waals surface area contributed by atoms with Crippen LogP contribution in [0, 0.1) is 0 Å². The van der Waals surface area contributed by atoms with Crippen molar-refractivity contribution in [2.24, 2.45) is 0 Å². The van der Waals surface area contributed by atoms with Gasteiger partial charge in [-0.1, -0.05) is 0 Å². The van der Waals surface area contributed by atoms with Gasteiger partial charge < -0.3 is 14.8 Å². The van der Waals surface area contributed by atoms with Gasteiger partial charge in [0.25, 0.3) is 0 Å². The summed E-state index contributed by atoms with van der Waals surface area (Å²) in [6, 6.07) is 5.45. The summed E-state index contributed by atoms with van der Waals surface area (Å²) in [6.45, 7) is 6.91. The molecule has 0 spiro atoms. The Labute approximate surface area is 106 Å². The Morgan fingerprint density at radius 1 is 1.44 bits per heavy atom. The summed E-state index contributed by atoms with van der Waals surface area (Å²) >= 11 is 0. The summed E-state index contributed by atoms with van der Waals surface area (Å²) in [6.07, 6.45) is -0.459. The van der Waals surface area contributed by atoms with Crippen molar-refractivity contribution in [3.05, 3.63) is 18.2 Å². The molecule has 18 heavy (non-hydrogen) atoms. The number of hydrogen-bond acceptors (Lipinski definition) is 4. The SMILES string of the molecule is CC(C)(C)OC(=O)Nc1ccc2c(c1)NCCO2. The number of amides is 1. The number of nitrogens with one attached hydrogen (secondary N) is 2. The molecule has 0 atom stereocenters. The largest absolute Gasteiger partial charge is 0.490 e. The van der Waals surface area contributed by atoms with Gasteiger partial charge in [-0.3, -0.25) is 5.32 Å². The maximum Gasteiger partial charge on any atom is 0.412 e. The van der Waals surface area contributed by atoms with Crippen LogP contribution in [0.5, 0.6) is 5.75 Å². The molecule has 2 rings (SSSR count). The van der Waals surface area contributed by atoms with E-state index in [1.165, 1.54) is 0 Å². The lowest BCUT2D eigenvalue weighted by Crippen LogP contribution is -2.27. The molecule has 0 fully saturated rings.